The van der Waals surface area contributed by atoms with Gasteiger partial charge < -0.3 is 0 Å². The Morgan fingerprint density at radius 1 is 1.17 bits per heavy atom. The minimum atomic E-state index is 0.533. The van der Waals surface area contributed by atoms with Gasteiger partial charge in [-0.15, -0.1) is 11.3 Å². The van der Waals surface area contributed by atoms with Crippen LogP contribution in [0.2, 0.25) is 0 Å². The third-order valence-electron chi connectivity index (χ3n) is 3.89. The highest BCUT2D eigenvalue weighted by molar-refractivity contribution is 7.16. The van der Waals surface area contributed by atoms with Gasteiger partial charge in [0.15, 0.2) is 6.29 Å². The van der Waals surface area contributed by atoms with Crippen molar-refractivity contribution in [3.05, 3.63) is 63.6 Å². The van der Waals surface area contributed by atoms with Crippen molar-refractivity contribution in [3.8, 4) is 10.6 Å². The summed E-state index contributed by atoms with van der Waals surface area (Å²) in [6, 6.07) is 12.5. The second-order valence-electron chi connectivity index (χ2n) is 5.62. The predicted octanol–water partition coefficient (Wildman–Crippen LogP) is 4.43. The van der Waals surface area contributed by atoms with Gasteiger partial charge in [-0.05, 0) is 30.4 Å². The number of carbonyl (C=O) groups excluding carboxylic acids is 1. The Balaban J connectivity index is 1.61. The molecule has 0 aliphatic carbocycles. The maximum atomic E-state index is 11.5. The van der Waals surface area contributed by atoms with E-state index in [0.717, 1.165) is 39.7 Å². The summed E-state index contributed by atoms with van der Waals surface area (Å²) >= 11 is 3.13. The molecule has 4 nitrogen and oxygen atoms in total. The van der Waals surface area contributed by atoms with Crippen LogP contribution < -0.4 is 0 Å². The van der Waals surface area contributed by atoms with Gasteiger partial charge in [0.1, 0.15) is 16.4 Å². The number of thiophene rings is 1. The fraction of sp³-hybridized carbons (Fsp3) is 0.167. The van der Waals surface area contributed by atoms with Crippen molar-refractivity contribution in [2.24, 2.45) is 0 Å². The molecule has 0 spiro atoms. The normalized spacial score (nSPS) is 11.2. The van der Waals surface area contributed by atoms with Crippen molar-refractivity contribution in [2.45, 2.75) is 19.8 Å². The summed E-state index contributed by atoms with van der Waals surface area (Å²) in [5, 5.41) is 7.58. The molecule has 1 aromatic carbocycles. The third-order valence-corrected chi connectivity index (χ3v) is 5.74. The molecule has 120 valence electrons. The highest BCUT2D eigenvalue weighted by Crippen LogP contribution is 2.29. The molecule has 6 heteroatoms. The first-order chi connectivity index (χ1) is 11.7. The van der Waals surface area contributed by atoms with Crippen LogP contribution in [-0.4, -0.2) is 20.9 Å². The van der Waals surface area contributed by atoms with Crippen LogP contribution in [0.3, 0.4) is 0 Å². The van der Waals surface area contributed by atoms with Gasteiger partial charge in [-0.2, -0.15) is 9.61 Å². The average molecular weight is 353 g/mol. The van der Waals surface area contributed by atoms with Crippen LogP contribution in [0.5, 0.6) is 0 Å². The lowest BCUT2D eigenvalue weighted by atomic mass is 10.1. The number of benzene rings is 1. The van der Waals surface area contributed by atoms with E-state index in [2.05, 4.69) is 41.3 Å². The first-order valence-electron chi connectivity index (χ1n) is 7.67. The lowest BCUT2D eigenvalue weighted by Gasteiger charge is -1.99. The van der Waals surface area contributed by atoms with Crippen LogP contribution in [0.25, 0.3) is 15.5 Å². The SMILES string of the molecule is Cc1ccc(CCc2nn3c(C=O)c(-c4cccs4)nc3s2)cc1. The van der Waals surface area contributed by atoms with E-state index in [-0.39, 0.29) is 0 Å². The van der Waals surface area contributed by atoms with Crippen LogP contribution in [0, 0.1) is 6.92 Å². The van der Waals surface area contributed by atoms with E-state index in [1.807, 2.05) is 17.5 Å². The molecule has 0 fully saturated rings. The molecule has 3 aromatic heterocycles. The molecule has 0 N–H and O–H groups in total. The average Bonchev–Trinajstić information content (AvgIpc) is 3.29. The number of aldehydes is 1. The number of fused-ring (bicyclic) bond motifs is 1. The predicted molar refractivity (Wildman–Crippen MR) is 98.2 cm³/mol. The van der Waals surface area contributed by atoms with Gasteiger partial charge in [-0.3, -0.25) is 4.79 Å². The quantitative estimate of drug-likeness (QED) is 0.499. The van der Waals surface area contributed by atoms with E-state index in [9.17, 15) is 4.79 Å². The van der Waals surface area contributed by atoms with Crippen LogP contribution in [0.4, 0.5) is 0 Å². The van der Waals surface area contributed by atoms with Crippen molar-refractivity contribution in [1.82, 2.24) is 14.6 Å². The molecular formula is C18H15N3OS2. The molecule has 0 amide bonds. The molecule has 24 heavy (non-hydrogen) atoms. The van der Waals surface area contributed by atoms with Gasteiger partial charge in [0, 0.05) is 6.42 Å². The van der Waals surface area contributed by atoms with Gasteiger partial charge >= 0.3 is 0 Å². The molecule has 0 bridgehead atoms. The summed E-state index contributed by atoms with van der Waals surface area (Å²) in [5.74, 6) is 0. The molecule has 3 heterocycles. The topological polar surface area (TPSA) is 47.3 Å². The number of hydrogen-bond acceptors (Lipinski definition) is 5. The van der Waals surface area contributed by atoms with E-state index in [1.165, 1.54) is 11.1 Å². The van der Waals surface area contributed by atoms with Gasteiger partial charge in [0.2, 0.25) is 4.96 Å². The molecule has 0 unspecified atom stereocenters. The summed E-state index contributed by atoms with van der Waals surface area (Å²) in [7, 11) is 0. The van der Waals surface area contributed by atoms with Crippen LogP contribution in [0.1, 0.15) is 26.6 Å². The number of aromatic nitrogens is 3. The van der Waals surface area contributed by atoms with Crippen molar-refractivity contribution >= 4 is 33.9 Å². The molecule has 0 saturated carbocycles. The van der Waals surface area contributed by atoms with Crippen molar-refractivity contribution in [2.75, 3.05) is 0 Å². The standard InChI is InChI=1S/C18H15N3OS2/c1-12-4-6-13(7-5-12)8-9-16-20-21-14(11-22)17(19-18(21)24-16)15-3-2-10-23-15/h2-7,10-11H,8-9H2,1H3. The molecule has 0 radical (unpaired) electrons. The van der Waals surface area contributed by atoms with E-state index in [0.29, 0.717) is 5.69 Å². The summed E-state index contributed by atoms with van der Waals surface area (Å²) in [6.45, 7) is 2.09. The Kier molecular flexibility index (Phi) is 4.00. The summed E-state index contributed by atoms with van der Waals surface area (Å²) in [6.07, 6.45) is 2.63. The second-order valence-corrected chi connectivity index (χ2v) is 7.60. The molecule has 4 rings (SSSR count). The minimum absolute atomic E-state index is 0.533. The third kappa shape index (κ3) is 2.79. The van der Waals surface area contributed by atoms with E-state index < -0.39 is 0 Å². The number of hydrogen-bond donors (Lipinski definition) is 0. The number of nitrogens with zero attached hydrogens (tertiary/aromatic N) is 3. The first-order valence-corrected chi connectivity index (χ1v) is 9.37. The smallest absolute Gasteiger partial charge is 0.213 e. The van der Waals surface area contributed by atoms with Crippen molar-refractivity contribution in [3.63, 3.8) is 0 Å². The van der Waals surface area contributed by atoms with E-state index in [4.69, 9.17) is 0 Å². The zero-order valence-electron chi connectivity index (χ0n) is 13.1. The number of rotatable bonds is 5. The molecule has 0 atom stereocenters. The number of imidazole rings is 1. The minimum Gasteiger partial charge on any atom is -0.296 e. The lowest BCUT2D eigenvalue weighted by molar-refractivity contribution is 0.111. The zero-order chi connectivity index (χ0) is 16.5. The number of carbonyl (C=O) groups is 1. The fourth-order valence-corrected chi connectivity index (χ4v) is 4.23. The highest BCUT2D eigenvalue weighted by atomic mass is 32.1. The van der Waals surface area contributed by atoms with Gasteiger partial charge in [0.05, 0.1) is 4.88 Å². The van der Waals surface area contributed by atoms with Crippen LogP contribution in [-0.2, 0) is 12.8 Å². The molecule has 0 saturated heterocycles. The summed E-state index contributed by atoms with van der Waals surface area (Å²) in [5.41, 5.74) is 3.82. The summed E-state index contributed by atoms with van der Waals surface area (Å²) < 4.78 is 1.68. The second kappa shape index (κ2) is 6.30. The van der Waals surface area contributed by atoms with Crippen molar-refractivity contribution in [1.29, 1.82) is 0 Å². The maximum absolute atomic E-state index is 11.5. The highest BCUT2D eigenvalue weighted by Gasteiger charge is 2.18. The molecule has 4 aromatic rings. The van der Waals surface area contributed by atoms with Gasteiger partial charge in [0.25, 0.3) is 0 Å². The Hall–Kier alpha value is -2.31. The Labute approximate surface area is 147 Å². The maximum Gasteiger partial charge on any atom is 0.213 e. The lowest BCUT2D eigenvalue weighted by Crippen LogP contribution is -1.96. The monoisotopic (exact) mass is 353 g/mol. The number of aryl methyl sites for hydroxylation is 3. The van der Waals surface area contributed by atoms with Crippen LogP contribution >= 0.6 is 22.7 Å². The molecular weight excluding hydrogens is 338 g/mol. The molecule has 0 aliphatic rings. The van der Waals surface area contributed by atoms with Crippen molar-refractivity contribution < 1.29 is 4.79 Å². The van der Waals surface area contributed by atoms with Gasteiger partial charge in [-0.25, -0.2) is 4.98 Å². The van der Waals surface area contributed by atoms with E-state index in [1.54, 1.807) is 27.2 Å². The first kappa shape index (κ1) is 15.2. The van der Waals surface area contributed by atoms with Crippen LogP contribution in [0.15, 0.2) is 41.8 Å². The Morgan fingerprint density at radius 3 is 2.71 bits per heavy atom. The fourth-order valence-electron chi connectivity index (χ4n) is 2.61. The Morgan fingerprint density at radius 2 is 2.00 bits per heavy atom. The zero-order valence-corrected chi connectivity index (χ0v) is 14.7. The largest absolute Gasteiger partial charge is 0.296 e. The van der Waals surface area contributed by atoms with Gasteiger partial charge in [-0.1, -0.05) is 47.2 Å². The summed E-state index contributed by atoms with van der Waals surface area (Å²) in [4.78, 5) is 17.9. The van der Waals surface area contributed by atoms with E-state index >= 15 is 0 Å². The Bertz CT molecular complexity index is 982. The molecule has 0 aliphatic heterocycles.